The first kappa shape index (κ1) is 9.79. The standard InChI is InChI=1S/C9H14Br2/c10-8-6-4-2-1-3-5-7-9(8)11/h6,9H,1-5,7H2/b8-6-. The molecule has 1 unspecified atom stereocenters. The number of allylic oxidation sites excluding steroid dienone is 2. The zero-order valence-corrected chi connectivity index (χ0v) is 9.83. The summed E-state index contributed by atoms with van der Waals surface area (Å²) in [5.74, 6) is 0. The SMILES string of the molecule is Br/C1=C\CCCCCCC1Br. The van der Waals surface area contributed by atoms with E-state index in [1.54, 1.807) is 0 Å². The van der Waals surface area contributed by atoms with Crippen molar-refractivity contribution in [3.8, 4) is 0 Å². The van der Waals surface area contributed by atoms with Crippen LogP contribution >= 0.6 is 31.9 Å². The minimum Gasteiger partial charge on any atom is -0.0833 e. The fraction of sp³-hybridized carbons (Fsp3) is 0.778. The van der Waals surface area contributed by atoms with Crippen molar-refractivity contribution in [2.24, 2.45) is 0 Å². The van der Waals surface area contributed by atoms with Crippen molar-refractivity contribution in [2.75, 3.05) is 0 Å². The molecule has 0 saturated carbocycles. The average Bonchev–Trinajstić information content (AvgIpc) is 2.07. The van der Waals surface area contributed by atoms with Crippen LogP contribution in [0.1, 0.15) is 38.5 Å². The summed E-state index contributed by atoms with van der Waals surface area (Å²) in [6, 6.07) is 0. The van der Waals surface area contributed by atoms with Crippen molar-refractivity contribution in [2.45, 2.75) is 43.4 Å². The lowest BCUT2D eigenvalue weighted by Gasteiger charge is -2.06. The Balaban J connectivity index is 2.44. The van der Waals surface area contributed by atoms with Gasteiger partial charge in [-0.2, -0.15) is 0 Å². The van der Waals surface area contributed by atoms with Crippen LogP contribution in [0.4, 0.5) is 0 Å². The Bertz CT molecular complexity index is 140. The molecule has 0 saturated heterocycles. The van der Waals surface area contributed by atoms with E-state index >= 15 is 0 Å². The molecule has 0 nitrogen and oxygen atoms in total. The summed E-state index contributed by atoms with van der Waals surface area (Å²) < 4.78 is 1.35. The molecule has 1 atom stereocenters. The second-order valence-electron chi connectivity index (χ2n) is 3.05. The van der Waals surface area contributed by atoms with Crippen LogP contribution in [0.15, 0.2) is 10.6 Å². The Morgan fingerprint density at radius 1 is 1.18 bits per heavy atom. The number of rotatable bonds is 0. The largest absolute Gasteiger partial charge is 0.0833 e. The first-order chi connectivity index (χ1) is 5.30. The quantitative estimate of drug-likeness (QED) is 0.578. The van der Waals surface area contributed by atoms with Crippen molar-refractivity contribution in [3.63, 3.8) is 0 Å². The van der Waals surface area contributed by atoms with Gasteiger partial charge < -0.3 is 0 Å². The molecule has 0 bridgehead atoms. The van der Waals surface area contributed by atoms with Crippen LogP contribution < -0.4 is 0 Å². The highest BCUT2D eigenvalue weighted by Crippen LogP contribution is 2.26. The summed E-state index contributed by atoms with van der Waals surface area (Å²) in [5, 5.41) is 0. The van der Waals surface area contributed by atoms with Gasteiger partial charge in [0.2, 0.25) is 0 Å². The summed E-state index contributed by atoms with van der Waals surface area (Å²) >= 11 is 7.25. The zero-order valence-electron chi connectivity index (χ0n) is 6.65. The van der Waals surface area contributed by atoms with Gasteiger partial charge in [-0.25, -0.2) is 0 Å². The Labute approximate surface area is 85.7 Å². The van der Waals surface area contributed by atoms with E-state index in [1.165, 1.54) is 43.0 Å². The Morgan fingerprint density at radius 2 is 1.91 bits per heavy atom. The zero-order chi connectivity index (χ0) is 8.10. The lowest BCUT2D eigenvalue weighted by atomic mass is 10.1. The fourth-order valence-electron chi connectivity index (χ4n) is 1.33. The van der Waals surface area contributed by atoms with E-state index in [4.69, 9.17) is 0 Å². The number of halogens is 2. The minimum absolute atomic E-state index is 0.570. The summed E-state index contributed by atoms with van der Waals surface area (Å²) in [6.07, 6.45) is 10.3. The maximum absolute atomic E-state index is 3.66. The molecule has 1 aliphatic carbocycles. The molecule has 1 aliphatic rings. The van der Waals surface area contributed by atoms with E-state index in [0.29, 0.717) is 4.83 Å². The van der Waals surface area contributed by atoms with Crippen LogP contribution in [0.25, 0.3) is 0 Å². The van der Waals surface area contributed by atoms with Gasteiger partial charge in [0, 0.05) is 9.31 Å². The third kappa shape index (κ3) is 3.75. The predicted octanol–water partition coefficient (Wildman–Crippen LogP) is 4.38. The highest BCUT2D eigenvalue weighted by molar-refractivity contribution is 9.14. The second kappa shape index (κ2) is 5.36. The van der Waals surface area contributed by atoms with Crippen molar-refractivity contribution in [1.82, 2.24) is 0 Å². The van der Waals surface area contributed by atoms with E-state index in [0.717, 1.165) is 0 Å². The first-order valence-electron chi connectivity index (χ1n) is 4.30. The third-order valence-corrected chi connectivity index (χ3v) is 4.49. The Hall–Kier alpha value is 0.700. The molecule has 0 aliphatic heterocycles. The first-order valence-corrected chi connectivity index (χ1v) is 6.01. The molecule has 1 rings (SSSR count). The summed E-state index contributed by atoms with van der Waals surface area (Å²) in [5.41, 5.74) is 0. The van der Waals surface area contributed by atoms with Crippen molar-refractivity contribution >= 4 is 31.9 Å². The topological polar surface area (TPSA) is 0 Å². The van der Waals surface area contributed by atoms with Gasteiger partial charge in [0.25, 0.3) is 0 Å². The molecule has 0 heterocycles. The molecule has 0 fully saturated rings. The number of alkyl halides is 1. The van der Waals surface area contributed by atoms with Crippen molar-refractivity contribution < 1.29 is 0 Å². The average molecular weight is 282 g/mol. The Morgan fingerprint density at radius 3 is 2.73 bits per heavy atom. The van der Waals surface area contributed by atoms with E-state index in [1.807, 2.05) is 0 Å². The number of hydrogen-bond acceptors (Lipinski definition) is 0. The van der Waals surface area contributed by atoms with Gasteiger partial charge in [0.1, 0.15) is 0 Å². The highest BCUT2D eigenvalue weighted by atomic mass is 79.9. The van der Waals surface area contributed by atoms with E-state index in [-0.39, 0.29) is 0 Å². The molecule has 0 radical (unpaired) electrons. The van der Waals surface area contributed by atoms with Gasteiger partial charge in [-0.15, -0.1) is 0 Å². The molecule has 0 aromatic heterocycles. The van der Waals surface area contributed by atoms with Gasteiger partial charge in [-0.05, 0) is 19.3 Å². The van der Waals surface area contributed by atoms with Gasteiger partial charge >= 0.3 is 0 Å². The second-order valence-corrected chi connectivity index (χ2v) is 5.07. The van der Waals surface area contributed by atoms with Crippen LogP contribution in [0, 0.1) is 0 Å². The molecule has 11 heavy (non-hydrogen) atoms. The molecular formula is C9H14Br2. The van der Waals surface area contributed by atoms with Gasteiger partial charge in [0.15, 0.2) is 0 Å². The van der Waals surface area contributed by atoms with E-state index in [2.05, 4.69) is 37.9 Å². The normalized spacial score (nSPS) is 32.9. The van der Waals surface area contributed by atoms with E-state index < -0.39 is 0 Å². The van der Waals surface area contributed by atoms with E-state index in [9.17, 15) is 0 Å². The van der Waals surface area contributed by atoms with Crippen LogP contribution in [0.3, 0.4) is 0 Å². The molecule has 0 aromatic carbocycles. The molecule has 0 N–H and O–H groups in total. The van der Waals surface area contributed by atoms with Gasteiger partial charge in [-0.3, -0.25) is 0 Å². The lowest BCUT2D eigenvalue weighted by Crippen LogP contribution is -1.95. The predicted molar refractivity (Wildman–Crippen MR) is 57.4 cm³/mol. The van der Waals surface area contributed by atoms with Crippen LogP contribution in [-0.4, -0.2) is 4.83 Å². The monoisotopic (exact) mass is 280 g/mol. The molecule has 2 heteroatoms. The molecule has 0 spiro atoms. The maximum atomic E-state index is 3.66. The minimum atomic E-state index is 0.570. The highest BCUT2D eigenvalue weighted by Gasteiger charge is 2.08. The third-order valence-electron chi connectivity index (χ3n) is 2.05. The summed E-state index contributed by atoms with van der Waals surface area (Å²) in [6.45, 7) is 0. The molecule has 0 aromatic rings. The van der Waals surface area contributed by atoms with Crippen LogP contribution in [-0.2, 0) is 0 Å². The molecular weight excluding hydrogens is 268 g/mol. The van der Waals surface area contributed by atoms with Crippen molar-refractivity contribution in [3.05, 3.63) is 10.6 Å². The van der Waals surface area contributed by atoms with Gasteiger partial charge in [0.05, 0.1) is 0 Å². The number of hydrogen-bond donors (Lipinski definition) is 0. The maximum Gasteiger partial charge on any atom is 0.0458 e. The molecule has 0 amide bonds. The van der Waals surface area contributed by atoms with Crippen molar-refractivity contribution in [1.29, 1.82) is 0 Å². The Kier molecular flexibility index (Phi) is 4.77. The van der Waals surface area contributed by atoms with Crippen LogP contribution in [0.5, 0.6) is 0 Å². The molecule has 64 valence electrons. The summed E-state index contributed by atoms with van der Waals surface area (Å²) in [7, 11) is 0. The lowest BCUT2D eigenvalue weighted by molar-refractivity contribution is 0.636. The smallest absolute Gasteiger partial charge is 0.0458 e. The summed E-state index contributed by atoms with van der Waals surface area (Å²) in [4.78, 5) is 0.570. The van der Waals surface area contributed by atoms with Gasteiger partial charge in [-0.1, -0.05) is 57.2 Å². The fourth-order valence-corrected chi connectivity index (χ4v) is 2.30. The van der Waals surface area contributed by atoms with Crippen LogP contribution in [0.2, 0.25) is 0 Å².